The number of hydrogen-bond donors (Lipinski definition) is 0. The van der Waals surface area contributed by atoms with Gasteiger partial charge in [0.1, 0.15) is 0 Å². The number of aromatic nitrogens is 1. The summed E-state index contributed by atoms with van der Waals surface area (Å²) >= 11 is 0. The Morgan fingerprint density at radius 2 is 2.21 bits per heavy atom. The molecule has 78 valence electrons. The van der Waals surface area contributed by atoms with Gasteiger partial charge in [0.15, 0.2) is 0 Å². The second kappa shape index (κ2) is 6.38. The minimum absolute atomic E-state index is 0. The van der Waals surface area contributed by atoms with Crippen LogP contribution in [0.25, 0.3) is 0 Å². The molecule has 0 aliphatic carbocycles. The molecule has 14 heavy (non-hydrogen) atoms. The van der Waals surface area contributed by atoms with Crippen molar-refractivity contribution in [2.24, 2.45) is 0 Å². The van der Waals surface area contributed by atoms with Crippen LogP contribution in [-0.4, -0.2) is 29.9 Å². The molecule has 0 radical (unpaired) electrons. The third kappa shape index (κ3) is 4.23. The van der Waals surface area contributed by atoms with Crippen LogP contribution in [0.1, 0.15) is 12.0 Å². The van der Waals surface area contributed by atoms with Gasteiger partial charge in [-0.3, -0.25) is 9.78 Å². The van der Waals surface area contributed by atoms with Gasteiger partial charge >= 0.3 is 0 Å². The van der Waals surface area contributed by atoms with Gasteiger partial charge in [0.2, 0.25) is 5.91 Å². The molecule has 0 fully saturated rings. The van der Waals surface area contributed by atoms with E-state index < -0.39 is 0 Å². The Labute approximate surface area is 90.6 Å². The third-order valence-electron chi connectivity index (χ3n) is 1.85. The van der Waals surface area contributed by atoms with Crippen molar-refractivity contribution in [1.29, 1.82) is 0 Å². The monoisotopic (exact) mass is 214 g/mol. The standard InChI is InChI=1S/C10H14N2O.ClH/c1-12(2)10(13)6-5-9-4-3-7-11-8-9;/h3-4,7-8H,5-6H2,1-2H3;1H. The van der Waals surface area contributed by atoms with Crippen LogP contribution < -0.4 is 0 Å². The number of carbonyl (C=O) groups excluding carboxylic acids is 1. The van der Waals surface area contributed by atoms with Crippen molar-refractivity contribution in [3.05, 3.63) is 30.1 Å². The van der Waals surface area contributed by atoms with E-state index in [-0.39, 0.29) is 18.3 Å². The maximum Gasteiger partial charge on any atom is 0.222 e. The number of nitrogens with zero attached hydrogens (tertiary/aromatic N) is 2. The zero-order valence-electron chi connectivity index (χ0n) is 8.43. The van der Waals surface area contributed by atoms with E-state index in [1.165, 1.54) is 0 Å². The lowest BCUT2D eigenvalue weighted by atomic mass is 10.1. The van der Waals surface area contributed by atoms with E-state index >= 15 is 0 Å². The van der Waals surface area contributed by atoms with Gasteiger partial charge in [-0.1, -0.05) is 6.07 Å². The largest absolute Gasteiger partial charge is 0.349 e. The molecule has 1 rings (SSSR count). The maximum absolute atomic E-state index is 11.2. The minimum Gasteiger partial charge on any atom is -0.349 e. The molecule has 1 aromatic heterocycles. The predicted octanol–water partition coefficient (Wildman–Crippen LogP) is 1.52. The first-order valence-corrected chi connectivity index (χ1v) is 4.29. The van der Waals surface area contributed by atoms with Crippen molar-refractivity contribution in [3.63, 3.8) is 0 Å². The van der Waals surface area contributed by atoms with Gasteiger partial charge in [-0.2, -0.15) is 0 Å². The SMILES string of the molecule is CN(C)C(=O)CCc1cccnc1.Cl. The van der Waals surface area contributed by atoms with E-state index in [0.717, 1.165) is 12.0 Å². The second-order valence-corrected chi connectivity index (χ2v) is 3.15. The van der Waals surface area contributed by atoms with Crippen LogP contribution in [0, 0.1) is 0 Å². The van der Waals surface area contributed by atoms with E-state index in [4.69, 9.17) is 0 Å². The van der Waals surface area contributed by atoms with Crippen LogP contribution in [0.2, 0.25) is 0 Å². The lowest BCUT2D eigenvalue weighted by Crippen LogP contribution is -2.21. The molecular weight excluding hydrogens is 200 g/mol. The molecule has 1 amide bonds. The topological polar surface area (TPSA) is 33.2 Å². The first-order chi connectivity index (χ1) is 6.20. The van der Waals surface area contributed by atoms with E-state index in [9.17, 15) is 4.79 Å². The average molecular weight is 215 g/mol. The Balaban J connectivity index is 0.00000169. The Hall–Kier alpha value is -1.09. The Kier molecular flexibility index (Phi) is 5.88. The number of aryl methyl sites for hydroxylation is 1. The summed E-state index contributed by atoms with van der Waals surface area (Å²) in [4.78, 5) is 16.8. The number of rotatable bonds is 3. The maximum atomic E-state index is 11.2. The highest BCUT2D eigenvalue weighted by atomic mass is 35.5. The zero-order valence-corrected chi connectivity index (χ0v) is 9.25. The molecule has 3 nitrogen and oxygen atoms in total. The molecule has 0 saturated heterocycles. The Morgan fingerprint density at radius 1 is 1.50 bits per heavy atom. The van der Waals surface area contributed by atoms with E-state index in [2.05, 4.69) is 4.98 Å². The first-order valence-electron chi connectivity index (χ1n) is 4.29. The molecule has 4 heteroatoms. The van der Waals surface area contributed by atoms with Crippen molar-refractivity contribution in [2.45, 2.75) is 12.8 Å². The summed E-state index contributed by atoms with van der Waals surface area (Å²) in [6.45, 7) is 0. The quantitative estimate of drug-likeness (QED) is 0.765. The number of halogens is 1. The summed E-state index contributed by atoms with van der Waals surface area (Å²) in [6.07, 6.45) is 4.85. The number of carbonyl (C=O) groups is 1. The van der Waals surface area contributed by atoms with Crippen LogP contribution in [0.3, 0.4) is 0 Å². The normalized spacial score (nSPS) is 9.00. The molecular formula is C10H15ClN2O. The molecule has 0 atom stereocenters. The number of amides is 1. The number of pyridine rings is 1. The zero-order chi connectivity index (χ0) is 9.68. The smallest absolute Gasteiger partial charge is 0.222 e. The van der Waals surface area contributed by atoms with Crippen molar-refractivity contribution in [2.75, 3.05) is 14.1 Å². The van der Waals surface area contributed by atoms with Gasteiger partial charge in [-0.15, -0.1) is 12.4 Å². The fraction of sp³-hybridized carbons (Fsp3) is 0.400. The van der Waals surface area contributed by atoms with Gasteiger partial charge in [-0.05, 0) is 18.1 Å². The first kappa shape index (κ1) is 12.9. The minimum atomic E-state index is 0. The molecule has 0 N–H and O–H groups in total. The molecule has 0 spiro atoms. The Bertz CT molecular complexity index is 275. The summed E-state index contributed by atoms with van der Waals surface area (Å²) in [5.41, 5.74) is 1.11. The fourth-order valence-electron chi connectivity index (χ4n) is 1.02. The van der Waals surface area contributed by atoms with Crippen molar-refractivity contribution in [1.82, 2.24) is 9.88 Å². The van der Waals surface area contributed by atoms with Crippen LogP contribution in [0.4, 0.5) is 0 Å². The second-order valence-electron chi connectivity index (χ2n) is 3.15. The number of hydrogen-bond acceptors (Lipinski definition) is 2. The molecule has 1 aromatic rings. The van der Waals surface area contributed by atoms with Gasteiger partial charge < -0.3 is 4.90 Å². The lowest BCUT2D eigenvalue weighted by Gasteiger charge is -2.09. The van der Waals surface area contributed by atoms with E-state index in [1.54, 1.807) is 31.4 Å². The summed E-state index contributed by atoms with van der Waals surface area (Å²) in [7, 11) is 3.54. The third-order valence-corrected chi connectivity index (χ3v) is 1.85. The predicted molar refractivity (Wildman–Crippen MR) is 58.5 cm³/mol. The van der Waals surface area contributed by atoms with Crippen LogP contribution in [0.5, 0.6) is 0 Å². The Morgan fingerprint density at radius 3 is 2.71 bits per heavy atom. The van der Waals surface area contributed by atoms with Gasteiger partial charge in [0.25, 0.3) is 0 Å². The van der Waals surface area contributed by atoms with Gasteiger partial charge in [0, 0.05) is 32.9 Å². The molecule has 0 unspecified atom stereocenters. The van der Waals surface area contributed by atoms with Crippen molar-refractivity contribution < 1.29 is 4.79 Å². The fourth-order valence-corrected chi connectivity index (χ4v) is 1.02. The van der Waals surface area contributed by atoms with Crippen LogP contribution in [-0.2, 0) is 11.2 Å². The van der Waals surface area contributed by atoms with Crippen LogP contribution in [0.15, 0.2) is 24.5 Å². The van der Waals surface area contributed by atoms with E-state index in [0.29, 0.717) is 6.42 Å². The molecule has 0 aromatic carbocycles. The van der Waals surface area contributed by atoms with Crippen molar-refractivity contribution >= 4 is 18.3 Å². The average Bonchev–Trinajstić information content (AvgIpc) is 2.15. The molecule has 0 aliphatic rings. The highest BCUT2D eigenvalue weighted by molar-refractivity contribution is 5.85. The van der Waals surface area contributed by atoms with Gasteiger partial charge in [0.05, 0.1) is 0 Å². The summed E-state index contributed by atoms with van der Waals surface area (Å²) in [5.74, 6) is 0.156. The molecule has 0 aliphatic heterocycles. The van der Waals surface area contributed by atoms with E-state index in [1.807, 2.05) is 12.1 Å². The molecule has 0 saturated carbocycles. The lowest BCUT2D eigenvalue weighted by molar-refractivity contribution is -0.128. The van der Waals surface area contributed by atoms with Crippen molar-refractivity contribution in [3.8, 4) is 0 Å². The summed E-state index contributed by atoms with van der Waals surface area (Å²) in [6, 6.07) is 3.87. The summed E-state index contributed by atoms with van der Waals surface area (Å²) < 4.78 is 0. The highest BCUT2D eigenvalue weighted by Gasteiger charge is 2.03. The highest BCUT2D eigenvalue weighted by Crippen LogP contribution is 2.01. The summed E-state index contributed by atoms with van der Waals surface area (Å²) in [5, 5.41) is 0. The molecule has 0 bridgehead atoms. The molecule has 1 heterocycles. The van der Waals surface area contributed by atoms with Gasteiger partial charge in [-0.25, -0.2) is 0 Å². The van der Waals surface area contributed by atoms with Crippen LogP contribution >= 0.6 is 12.4 Å².